The highest BCUT2D eigenvalue weighted by Crippen LogP contribution is 2.26. The van der Waals surface area contributed by atoms with Crippen LogP contribution in [0.25, 0.3) is 0 Å². The normalized spacial score (nSPS) is 11.3. The highest BCUT2D eigenvalue weighted by Gasteiger charge is 2.18. The summed E-state index contributed by atoms with van der Waals surface area (Å²) in [6.07, 6.45) is 0. The Kier molecular flexibility index (Phi) is 4.33. The van der Waals surface area contributed by atoms with E-state index in [4.69, 9.17) is 29.6 Å². The fourth-order valence-corrected chi connectivity index (χ4v) is 4.24. The van der Waals surface area contributed by atoms with Crippen molar-refractivity contribution in [2.45, 2.75) is 11.1 Å². The van der Waals surface area contributed by atoms with Crippen molar-refractivity contribution in [3.8, 4) is 0 Å². The molecule has 0 amide bonds. The molecule has 0 radical (unpaired) electrons. The molecule has 0 spiro atoms. The molecular formula is C12H11ClN2O2S3. The lowest BCUT2D eigenvalue weighted by Gasteiger charge is -2.09. The van der Waals surface area contributed by atoms with E-state index in [1.807, 2.05) is 0 Å². The minimum absolute atomic E-state index is 0.162. The van der Waals surface area contributed by atoms with Gasteiger partial charge in [-0.1, -0.05) is 23.8 Å². The lowest BCUT2D eigenvalue weighted by Crippen LogP contribution is -2.12. The van der Waals surface area contributed by atoms with Crippen molar-refractivity contribution in [2.75, 3.05) is 4.72 Å². The molecule has 8 heteroatoms. The Morgan fingerprint density at radius 3 is 2.60 bits per heavy atom. The summed E-state index contributed by atoms with van der Waals surface area (Å²) >= 11 is 11.7. The maximum Gasteiger partial charge on any atom is 0.271 e. The number of halogens is 1. The molecule has 1 aromatic carbocycles. The van der Waals surface area contributed by atoms with Gasteiger partial charge < -0.3 is 5.73 Å². The van der Waals surface area contributed by atoms with Crippen LogP contribution in [0.3, 0.4) is 0 Å². The molecule has 2 aromatic rings. The number of hydrogen-bond acceptors (Lipinski definition) is 4. The Morgan fingerprint density at radius 1 is 1.35 bits per heavy atom. The molecule has 2 rings (SSSR count). The van der Waals surface area contributed by atoms with Gasteiger partial charge in [-0.2, -0.15) is 0 Å². The van der Waals surface area contributed by atoms with Crippen LogP contribution in [-0.4, -0.2) is 13.4 Å². The van der Waals surface area contributed by atoms with E-state index in [1.165, 1.54) is 6.07 Å². The summed E-state index contributed by atoms with van der Waals surface area (Å²) in [6.45, 7) is 1.78. The van der Waals surface area contributed by atoms with Gasteiger partial charge in [-0.3, -0.25) is 4.72 Å². The summed E-state index contributed by atoms with van der Waals surface area (Å²) in [7, 11) is -3.65. The quantitative estimate of drug-likeness (QED) is 0.834. The fourth-order valence-electron chi connectivity index (χ4n) is 1.53. The van der Waals surface area contributed by atoms with Crippen molar-refractivity contribution in [3.05, 3.63) is 45.8 Å². The Hall–Kier alpha value is -1.15. The fraction of sp³-hybridized carbons (Fsp3) is 0.0833. The first kappa shape index (κ1) is 15.2. The zero-order valence-electron chi connectivity index (χ0n) is 10.4. The van der Waals surface area contributed by atoms with Gasteiger partial charge in [0.15, 0.2) is 0 Å². The summed E-state index contributed by atoms with van der Waals surface area (Å²) in [5.41, 5.74) is 6.70. The van der Waals surface area contributed by atoms with Gasteiger partial charge in [0, 0.05) is 5.02 Å². The summed E-state index contributed by atoms with van der Waals surface area (Å²) in [5, 5.41) is 0.553. The van der Waals surface area contributed by atoms with Crippen molar-refractivity contribution in [2.24, 2.45) is 5.73 Å². The number of sulfonamides is 1. The molecule has 0 bridgehead atoms. The molecule has 0 fully saturated rings. The van der Waals surface area contributed by atoms with Crippen molar-refractivity contribution in [1.29, 1.82) is 0 Å². The molecule has 4 nitrogen and oxygen atoms in total. The van der Waals surface area contributed by atoms with Crippen LogP contribution >= 0.6 is 35.2 Å². The molecule has 0 aliphatic heterocycles. The lowest BCUT2D eigenvalue weighted by atomic mass is 10.2. The Morgan fingerprint density at radius 2 is 2.05 bits per heavy atom. The van der Waals surface area contributed by atoms with Gasteiger partial charge in [-0.05, 0) is 42.8 Å². The highest BCUT2D eigenvalue weighted by atomic mass is 35.5. The molecule has 0 aliphatic rings. The molecule has 0 unspecified atom stereocenters. The second-order valence-electron chi connectivity index (χ2n) is 4.05. The van der Waals surface area contributed by atoms with Crippen molar-refractivity contribution in [1.82, 2.24) is 0 Å². The molecule has 1 heterocycles. The van der Waals surface area contributed by atoms with Gasteiger partial charge in [-0.15, -0.1) is 11.3 Å². The molecule has 1 aromatic heterocycles. The van der Waals surface area contributed by atoms with E-state index >= 15 is 0 Å². The van der Waals surface area contributed by atoms with Crippen LogP contribution in [0, 0.1) is 6.92 Å². The van der Waals surface area contributed by atoms with Gasteiger partial charge >= 0.3 is 0 Å². The molecule has 106 valence electrons. The van der Waals surface area contributed by atoms with E-state index < -0.39 is 10.0 Å². The maximum absolute atomic E-state index is 12.3. The average molecular weight is 347 g/mol. The SMILES string of the molecule is Cc1cc(Cl)ccc1NS(=O)(=O)c1ccc(C(N)=S)s1. The van der Waals surface area contributed by atoms with Crippen molar-refractivity contribution < 1.29 is 8.42 Å². The van der Waals surface area contributed by atoms with Gasteiger partial charge in [0.25, 0.3) is 10.0 Å². The molecule has 0 atom stereocenters. The summed E-state index contributed by atoms with van der Waals surface area (Å²) in [4.78, 5) is 0.743. The number of anilines is 1. The van der Waals surface area contributed by atoms with Crippen LogP contribution < -0.4 is 10.5 Å². The third-order valence-electron chi connectivity index (χ3n) is 2.52. The second-order valence-corrected chi connectivity index (χ2v) is 7.92. The first-order valence-electron chi connectivity index (χ1n) is 5.48. The third-order valence-corrected chi connectivity index (χ3v) is 6.08. The van der Waals surface area contributed by atoms with Crippen LogP contribution in [0.5, 0.6) is 0 Å². The van der Waals surface area contributed by atoms with Crippen LogP contribution in [0.2, 0.25) is 5.02 Å². The minimum atomic E-state index is -3.65. The molecule has 20 heavy (non-hydrogen) atoms. The largest absolute Gasteiger partial charge is 0.389 e. The first-order chi connectivity index (χ1) is 9.29. The predicted octanol–water partition coefficient (Wildman–Crippen LogP) is 3.14. The smallest absolute Gasteiger partial charge is 0.271 e. The molecule has 3 N–H and O–H groups in total. The summed E-state index contributed by atoms with van der Waals surface area (Å²) in [6, 6.07) is 8.01. The Balaban J connectivity index is 2.33. The van der Waals surface area contributed by atoms with E-state index in [-0.39, 0.29) is 9.20 Å². The number of aryl methyl sites for hydroxylation is 1. The van der Waals surface area contributed by atoms with Gasteiger partial charge in [0.1, 0.15) is 9.20 Å². The Labute approximate surface area is 131 Å². The summed E-state index contributed by atoms with van der Waals surface area (Å²) < 4.78 is 27.2. The standard InChI is InChI=1S/C12H11ClN2O2S3/c1-7-6-8(13)2-3-9(7)15-20(16,17)11-5-4-10(19-11)12(14)18/h2-6,15H,1H3,(H2,14,18). The van der Waals surface area contributed by atoms with Crippen LogP contribution in [0.1, 0.15) is 10.4 Å². The van der Waals surface area contributed by atoms with Gasteiger partial charge in [-0.25, -0.2) is 8.42 Å². The minimum Gasteiger partial charge on any atom is -0.389 e. The van der Waals surface area contributed by atoms with E-state index in [1.54, 1.807) is 31.2 Å². The molecule has 0 saturated carbocycles. The van der Waals surface area contributed by atoms with Crippen molar-refractivity contribution >= 4 is 55.9 Å². The van der Waals surface area contributed by atoms with Gasteiger partial charge in [0.05, 0.1) is 10.6 Å². The Bertz CT molecular complexity index is 769. The molecular weight excluding hydrogens is 336 g/mol. The van der Waals surface area contributed by atoms with Gasteiger partial charge in [0.2, 0.25) is 0 Å². The van der Waals surface area contributed by atoms with Crippen LogP contribution in [0.15, 0.2) is 34.5 Å². The van der Waals surface area contributed by atoms with E-state index in [9.17, 15) is 8.42 Å². The predicted molar refractivity (Wildman–Crippen MR) is 87.2 cm³/mol. The van der Waals surface area contributed by atoms with E-state index in [0.717, 1.165) is 16.9 Å². The number of hydrogen-bond donors (Lipinski definition) is 2. The second kappa shape index (κ2) is 5.69. The third kappa shape index (κ3) is 3.29. The van der Waals surface area contributed by atoms with E-state index in [0.29, 0.717) is 15.6 Å². The topological polar surface area (TPSA) is 72.2 Å². The number of thiocarbonyl (C=S) groups is 1. The maximum atomic E-state index is 12.3. The number of rotatable bonds is 4. The average Bonchev–Trinajstić information content (AvgIpc) is 2.83. The number of thiophene rings is 1. The molecule has 0 aliphatic carbocycles. The monoisotopic (exact) mass is 346 g/mol. The highest BCUT2D eigenvalue weighted by molar-refractivity contribution is 7.94. The lowest BCUT2D eigenvalue weighted by molar-refractivity contribution is 0.603. The van der Waals surface area contributed by atoms with Crippen molar-refractivity contribution in [3.63, 3.8) is 0 Å². The number of nitrogens with two attached hydrogens (primary N) is 1. The zero-order chi connectivity index (χ0) is 14.9. The van der Waals surface area contributed by atoms with Crippen LogP contribution in [-0.2, 0) is 10.0 Å². The van der Waals surface area contributed by atoms with Crippen LogP contribution in [0.4, 0.5) is 5.69 Å². The van der Waals surface area contributed by atoms with E-state index in [2.05, 4.69) is 4.72 Å². The first-order valence-corrected chi connectivity index (χ1v) is 8.57. The number of benzene rings is 1. The molecule has 0 saturated heterocycles. The number of nitrogens with one attached hydrogen (secondary N) is 1. The zero-order valence-corrected chi connectivity index (χ0v) is 13.6. The summed E-state index contributed by atoms with van der Waals surface area (Å²) in [5.74, 6) is 0.